The Bertz CT molecular complexity index is 459. The van der Waals surface area contributed by atoms with Gasteiger partial charge in [-0.3, -0.25) is 0 Å². The third kappa shape index (κ3) is 1.55. The number of hydrogen-bond acceptors (Lipinski definition) is 2. The normalized spacial score (nSPS) is 15.5. The van der Waals surface area contributed by atoms with E-state index in [2.05, 4.69) is 28.4 Å². The standard InChI is InChI=1S/C12H14N2S/c1-15-12-13-10-6-8-4-2-3-5-9(8)7-11(10)14-12/h6-7H,2-5H2,1H3,(H,13,14). The van der Waals surface area contributed by atoms with Gasteiger partial charge in [-0.05, 0) is 55.2 Å². The van der Waals surface area contributed by atoms with E-state index in [1.54, 1.807) is 11.8 Å². The number of imidazole rings is 1. The van der Waals surface area contributed by atoms with Crippen LogP contribution in [-0.4, -0.2) is 16.2 Å². The molecule has 1 aromatic carbocycles. The van der Waals surface area contributed by atoms with Gasteiger partial charge in [-0.2, -0.15) is 0 Å². The largest absolute Gasteiger partial charge is 0.333 e. The summed E-state index contributed by atoms with van der Waals surface area (Å²) in [7, 11) is 0. The molecule has 1 N–H and O–H groups in total. The Kier molecular flexibility index (Phi) is 2.20. The average Bonchev–Trinajstić information content (AvgIpc) is 2.67. The van der Waals surface area contributed by atoms with Gasteiger partial charge < -0.3 is 4.98 Å². The van der Waals surface area contributed by atoms with E-state index in [0.717, 1.165) is 10.7 Å². The molecule has 78 valence electrons. The van der Waals surface area contributed by atoms with Crippen molar-refractivity contribution in [1.29, 1.82) is 0 Å². The highest BCUT2D eigenvalue weighted by atomic mass is 32.2. The highest BCUT2D eigenvalue weighted by Gasteiger charge is 2.12. The first-order valence-electron chi connectivity index (χ1n) is 5.42. The summed E-state index contributed by atoms with van der Waals surface area (Å²) in [6.45, 7) is 0. The van der Waals surface area contributed by atoms with Crippen LogP contribution >= 0.6 is 11.8 Å². The number of hydrogen-bond donors (Lipinski definition) is 1. The molecular weight excluding hydrogens is 204 g/mol. The summed E-state index contributed by atoms with van der Waals surface area (Å²) in [6.07, 6.45) is 7.18. The molecule has 0 saturated heterocycles. The van der Waals surface area contributed by atoms with Crippen molar-refractivity contribution >= 4 is 22.8 Å². The molecule has 2 nitrogen and oxygen atoms in total. The number of H-pyrrole nitrogens is 1. The second kappa shape index (κ2) is 3.56. The first-order valence-corrected chi connectivity index (χ1v) is 6.65. The SMILES string of the molecule is CSc1nc2cc3c(cc2[nH]1)CCCC3. The molecule has 0 fully saturated rings. The molecule has 3 rings (SSSR count). The summed E-state index contributed by atoms with van der Waals surface area (Å²) in [4.78, 5) is 7.89. The molecule has 0 bridgehead atoms. The van der Waals surface area contributed by atoms with Gasteiger partial charge in [-0.25, -0.2) is 4.98 Å². The fourth-order valence-electron chi connectivity index (χ4n) is 2.31. The molecule has 1 heterocycles. The third-order valence-electron chi connectivity index (χ3n) is 3.12. The first-order chi connectivity index (χ1) is 7.36. The molecule has 0 unspecified atom stereocenters. The Morgan fingerprint density at radius 2 is 1.93 bits per heavy atom. The van der Waals surface area contributed by atoms with Gasteiger partial charge in [-0.1, -0.05) is 11.8 Å². The first kappa shape index (κ1) is 9.28. The number of fused-ring (bicyclic) bond motifs is 2. The quantitative estimate of drug-likeness (QED) is 0.745. The van der Waals surface area contributed by atoms with Gasteiger partial charge >= 0.3 is 0 Å². The van der Waals surface area contributed by atoms with Gasteiger partial charge in [0.25, 0.3) is 0 Å². The summed E-state index contributed by atoms with van der Waals surface area (Å²) < 4.78 is 0. The number of thioether (sulfide) groups is 1. The Hall–Kier alpha value is -0.960. The van der Waals surface area contributed by atoms with Gasteiger partial charge in [0.1, 0.15) is 0 Å². The minimum absolute atomic E-state index is 1.02. The number of benzene rings is 1. The third-order valence-corrected chi connectivity index (χ3v) is 3.70. The summed E-state index contributed by atoms with van der Waals surface area (Å²) in [5.74, 6) is 0. The lowest BCUT2D eigenvalue weighted by Gasteiger charge is -2.14. The van der Waals surface area contributed by atoms with Crippen molar-refractivity contribution in [2.24, 2.45) is 0 Å². The molecule has 3 heteroatoms. The van der Waals surface area contributed by atoms with Gasteiger partial charge in [0.05, 0.1) is 11.0 Å². The summed E-state index contributed by atoms with van der Waals surface area (Å²) in [5.41, 5.74) is 5.35. The Morgan fingerprint density at radius 3 is 2.67 bits per heavy atom. The maximum atomic E-state index is 4.55. The summed E-state index contributed by atoms with van der Waals surface area (Å²) in [5, 5.41) is 1.02. The van der Waals surface area contributed by atoms with Gasteiger partial charge in [0, 0.05) is 0 Å². The van der Waals surface area contributed by atoms with Crippen molar-refractivity contribution in [3.8, 4) is 0 Å². The van der Waals surface area contributed by atoms with Crippen LogP contribution < -0.4 is 0 Å². The molecular formula is C12H14N2S. The molecule has 0 spiro atoms. The monoisotopic (exact) mass is 218 g/mol. The van der Waals surface area contributed by atoms with Crippen LogP contribution in [-0.2, 0) is 12.8 Å². The van der Waals surface area contributed by atoms with Crippen molar-refractivity contribution in [3.05, 3.63) is 23.3 Å². The minimum atomic E-state index is 1.02. The van der Waals surface area contributed by atoms with E-state index in [9.17, 15) is 0 Å². The molecule has 0 atom stereocenters. The fraction of sp³-hybridized carbons (Fsp3) is 0.417. The maximum absolute atomic E-state index is 4.55. The van der Waals surface area contributed by atoms with Crippen LogP contribution in [0.25, 0.3) is 11.0 Å². The molecule has 1 aliphatic carbocycles. The number of rotatable bonds is 1. The molecule has 0 amide bonds. The Morgan fingerprint density at radius 1 is 1.20 bits per heavy atom. The number of aryl methyl sites for hydroxylation is 2. The number of nitrogens with zero attached hydrogens (tertiary/aromatic N) is 1. The van der Waals surface area contributed by atoms with Crippen LogP contribution in [0.4, 0.5) is 0 Å². The number of aromatic amines is 1. The lowest BCUT2D eigenvalue weighted by molar-refractivity contribution is 0.687. The van der Waals surface area contributed by atoms with Crippen LogP contribution in [0.15, 0.2) is 17.3 Å². The Balaban J connectivity index is 2.19. The molecule has 15 heavy (non-hydrogen) atoms. The van der Waals surface area contributed by atoms with Gasteiger partial charge in [0.2, 0.25) is 0 Å². The van der Waals surface area contributed by atoms with Crippen LogP contribution in [0.1, 0.15) is 24.0 Å². The molecule has 0 radical (unpaired) electrons. The Labute approximate surface area is 93.5 Å². The van der Waals surface area contributed by atoms with Crippen molar-refractivity contribution in [1.82, 2.24) is 9.97 Å². The van der Waals surface area contributed by atoms with Gasteiger partial charge in [0.15, 0.2) is 5.16 Å². The van der Waals surface area contributed by atoms with Crippen LogP contribution in [0, 0.1) is 0 Å². The van der Waals surface area contributed by atoms with E-state index in [-0.39, 0.29) is 0 Å². The van der Waals surface area contributed by atoms with Crippen molar-refractivity contribution in [3.63, 3.8) is 0 Å². The number of aromatic nitrogens is 2. The maximum Gasteiger partial charge on any atom is 0.166 e. The topological polar surface area (TPSA) is 28.7 Å². The van der Waals surface area contributed by atoms with Crippen molar-refractivity contribution in [2.45, 2.75) is 30.8 Å². The molecule has 0 aliphatic heterocycles. The van der Waals surface area contributed by atoms with E-state index in [0.29, 0.717) is 0 Å². The smallest absolute Gasteiger partial charge is 0.166 e. The predicted molar refractivity (Wildman–Crippen MR) is 64.5 cm³/mol. The lowest BCUT2D eigenvalue weighted by atomic mass is 9.91. The number of nitrogens with one attached hydrogen (secondary N) is 1. The minimum Gasteiger partial charge on any atom is -0.333 e. The summed E-state index contributed by atoms with van der Waals surface area (Å²) in [6, 6.07) is 4.55. The van der Waals surface area contributed by atoms with E-state index in [1.807, 2.05) is 0 Å². The zero-order chi connectivity index (χ0) is 10.3. The molecule has 0 saturated carbocycles. The predicted octanol–water partition coefficient (Wildman–Crippen LogP) is 3.16. The zero-order valence-corrected chi connectivity index (χ0v) is 9.66. The van der Waals surface area contributed by atoms with E-state index < -0.39 is 0 Å². The van der Waals surface area contributed by atoms with E-state index in [1.165, 1.54) is 42.3 Å². The molecule has 1 aromatic heterocycles. The highest BCUT2D eigenvalue weighted by Crippen LogP contribution is 2.26. The molecule has 2 aromatic rings. The lowest BCUT2D eigenvalue weighted by Crippen LogP contribution is -2.01. The second-order valence-electron chi connectivity index (χ2n) is 4.09. The zero-order valence-electron chi connectivity index (χ0n) is 8.84. The van der Waals surface area contributed by atoms with Crippen LogP contribution in [0.5, 0.6) is 0 Å². The summed E-state index contributed by atoms with van der Waals surface area (Å²) >= 11 is 1.67. The average molecular weight is 218 g/mol. The van der Waals surface area contributed by atoms with E-state index in [4.69, 9.17) is 0 Å². The fourth-order valence-corrected chi connectivity index (χ4v) is 2.72. The van der Waals surface area contributed by atoms with Gasteiger partial charge in [-0.15, -0.1) is 0 Å². The van der Waals surface area contributed by atoms with Crippen molar-refractivity contribution < 1.29 is 0 Å². The van der Waals surface area contributed by atoms with Crippen molar-refractivity contribution in [2.75, 3.05) is 6.26 Å². The van der Waals surface area contributed by atoms with Crippen LogP contribution in [0.3, 0.4) is 0 Å². The second-order valence-corrected chi connectivity index (χ2v) is 4.89. The molecule has 1 aliphatic rings. The highest BCUT2D eigenvalue weighted by molar-refractivity contribution is 7.98. The van der Waals surface area contributed by atoms with Crippen LogP contribution in [0.2, 0.25) is 0 Å². The van der Waals surface area contributed by atoms with E-state index >= 15 is 0 Å².